The summed E-state index contributed by atoms with van der Waals surface area (Å²) in [4.78, 5) is 19.5. The molecule has 3 saturated heterocycles. The average molecular weight is 346 g/mol. The number of hydrogen-bond acceptors (Lipinski definition) is 3. The molecule has 2 amide bonds. The summed E-state index contributed by atoms with van der Waals surface area (Å²) in [7, 11) is 0. The first-order chi connectivity index (χ1) is 12.2. The lowest BCUT2D eigenvalue weighted by molar-refractivity contribution is 0.140. The molecule has 3 aliphatic heterocycles. The van der Waals surface area contributed by atoms with E-state index in [0.717, 1.165) is 70.6 Å². The molecule has 1 N–H and O–H groups in total. The minimum atomic E-state index is -0.184. The first kappa shape index (κ1) is 16.8. The van der Waals surface area contributed by atoms with Gasteiger partial charge in [0.15, 0.2) is 0 Å². The number of urea groups is 1. The number of carbonyl (C=O) groups is 1. The Morgan fingerprint density at radius 1 is 1.08 bits per heavy atom. The summed E-state index contributed by atoms with van der Waals surface area (Å²) >= 11 is 0. The van der Waals surface area contributed by atoms with Gasteiger partial charge < -0.3 is 15.1 Å². The van der Waals surface area contributed by atoms with Crippen molar-refractivity contribution in [3.05, 3.63) is 35.6 Å². The van der Waals surface area contributed by atoms with E-state index in [2.05, 4.69) is 15.1 Å². The van der Waals surface area contributed by atoms with Gasteiger partial charge in [-0.15, -0.1) is 0 Å². The third-order valence-electron chi connectivity index (χ3n) is 5.84. The number of halogens is 1. The third kappa shape index (κ3) is 3.96. The van der Waals surface area contributed by atoms with Crippen LogP contribution in [0.2, 0.25) is 0 Å². The van der Waals surface area contributed by atoms with Gasteiger partial charge in [0.2, 0.25) is 0 Å². The summed E-state index contributed by atoms with van der Waals surface area (Å²) in [6, 6.07) is 7.52. The molecular formula is C19H27FN4O. The van der Waals surface area contributed by atoms with Gasteiger partial charge in [0.1, 0.15) is 5.82 Å². The highest BCUT2D eigenvalue weighted by Crippen LogP contribution is 2.21. The minimum absolute atomic E-state index is 0.122. The van der Waals surface area contributed by atoms with E-state index in [0.29, 0.717) is 6.04 Å². The predicted octanol–water partition coefficient (Wildman–Crippen LogP) is 1.54. The smallest absolute Gasteiger partial charge is 0.318 e. The van der Waals surface area contributed by atoms with E-state index in [4.69, 9.17) is 0 Å². The van der Waals surface area contributed by atoms with Gasteiger partial charge in [0.05, 0.1) is 0 Å². The molecule has 2 unspecified atom stereocenters. The second-order valence-corrected chi connectivity index (χ2v) is 7.55. The lowest BCUT2D eigenvalue weighted by Gasteiger charge is -2.35. The van der Waals surface area contributed by atoms with Crippen LogP contribution in [0.3, 0.4) is 0 Å². The Morgan fingerprint density at radius 3 is 2.76 bits per heavy atom. The number of nitrogens with one attached hydrogen (secondary N) is 1. The number of likely N-dealkylation sites (tertiary alicyclic amines) is 1. The lowest BCUT2D eigenvalue weighted by atomic mass is 10.1. The van der Waals surface area contributed by atoms with Crippen molar-refractivity contribution < 1.29 is 9.18 Å². The third-order valence-corrected chi connectivity index (χ3v) is 5.84. The highest BCUT2D eigenvalue weighted by molar-refractivity contribution is 5.75. The fourth-order valence-corrected chi connectivity index (χ4v) is 4.32. The Labute approximate surface area is 148 Å². The van der Waals surface area contributed by atoms with E-state index in [-0.39, 0.29) is 17.9 Å². The monoisotopic (exact) mass is 346 g/mol. The molecule has 6 heteroatoms. The summed E-state index contributed by atoms with van der Waals surface area (Å²) in [5, 5.41) is 3.24. The minimum Gasteiger partial charge on any atom is -0.334 e. The second-order valence-electron chi connectivity index (χ2n) is 7.55. The quantitative estimate of drug-likeness (QED) is 0.899. The van der Waals surface area contributed by atoms with Gasteiger partial charge in [-0.2, -0.15) is 0 Å². The zero-order valence-corrected chi connectivity index (χ0v) is 14.7. The molecule has 2 bridgehead atoms. The topological polar surface area (TPSA) is 38.8 Å². The molecule has 3 aliphatic rings. The van der Waals surface area contributed by atoms with Crippen LogP contribution in [0, 0.1) is 5.82 Å². The molecule has 136 valence electrons. The number of benzene rings is 1. The van der Waals surface area contributed by atoms with Crippen LogP contribution >= 0.6 is 0 Å². The van der Waals surface area contributed by atoms with Gasteiger partial charge in [-0.1, -0.05) is 12.1 Å². The predicted molar refractivity (Wildman–Crippen MR) is 95.0 cm³/mol. The highest BCUT2D eigenvalue weighted by Gasteiger charge is 2.36. The van der Waals surface area contributed by atoms with Crippen molar-refractivity contribution in [2.45, 2.75) is 31.3 Å². The molecule has 0 saturated carbocycles. The Hall–Kier alpha value is -1.66. The van der Waals surface area contributed by atoms with Crippen molar-refractivity contribution >= 4 is 6.03 Å². The van der Waals surface area contributed by atoms with Crippen molar-refractivity contribution in [3.8, 4) is 0 Å². The van der Waals surface area contributed by atoms with Crippen molar-refractivity contribution in [1.29, 1.82) is 0 Å². The maximum atomic E-state index is 13.0. The molecule has 0 aliphatic carbocycles. The van der Waals surface area contributed by atoms with Gasteiger partial charge in [-0.25, -0.2) is 9.18 Å². The Morgan fingerprint density at radius 2 is 1.92 bits per heavy atom. The maximum absolute atomic E-state index is 13.0. The molecule has 1 aromatic rings. The summed E-state index contributed by atoms with van der Waals surface area (Å²) in [5.41, 5.74) is 1.16. The van der Waals surface area contributed by atoms with Crippen LogP contribution in [0.1, 0.15) is 18.4 Å². The molecule has 5 nitrogen and oxygen atoms in total. The van der Waals surface area contributed by atoms with Crippen molar-refractivity contribution in [2.75, 3.05) is 45.8 Å². The van der Waals surface area contributed by atoms with Crippen LogP contribution in [0.25, 0.3) is 0 Å². The standard InChI is InChI=1S/C19H27FN4O/c20-16-3-1-15(2-4-16)5-8-22-9-6-17(13-22)21-19(25)24-12-11-23-10-7-18(24)14-23/h1-4,17-18H,5-14H2,(H,21,25)/t17?,18-/m0/s1. The number of nitrogens with zero attached hydrogens (tertiary/aromatic N) is 3. The number of piperazine rings is 1. The van der Waals surface area contributed by atoms with Gasteiger partial charge >= 0.3 is 6.03 Å². The summed E-state index contributed by atoms with van der Waals surface area (Å²) in [6.07, 6.45) is 3.05. The van der Waals surface area contributed by atoms with E-state index >= 15 is 0 Å². The van der Waals surface area contributed by atoms with E-state index in [1.807, 2.05) is 17.0 Å². The van der Waals surface area contributed by atoms with Gasteiger partial charge in [0, 0.05) is 57.9 Å². The van der Waals surface area contributed by atoms with E-state index in [1.165, 1.54) is 12.1 Å². The second kappa shape index (κ2) is 7.30. The van der Waals surface area contributed by atoms with Crippen LogP contribution in [-0.2, 0) is 6.42 Å². The van der Waals surface area contributed by atoms with Crippen LogP contribution in [0.4, 0.5) is 9.18 Å². The molecule has 0 spiro atoms. The molecule has 3 atom stereocenters. The summed E-state index contributed by atoms with van der Waals surface area (Å²) in [6.45, 7) is 6.94. The molecule has 25 heavy (non-hydrogen) atoms. The first-order valence-corrected chi connectivity index (χ1v) is 9.44. The Kier molecular flexibility index (Phi) is 4.90. The molecule has 4 rings (SSSR count). The van der Waals surface area contributed by atoms with Crippen LogP contribution in [0.15, 0.2) is 24.3 Å². The fourth-order valence-electron chi connectivity index (χ4n) is 4.32. The fraction of sp³-hybridized carbons (Fsp3) is 0.632. The van der Waals surface area contributed by atoms with Gasteiger partial charge in [-0.05, 0) is 37.0 Å². The van der Waals surface area contributed by atoms with Crippen molar-refractivity contribution in [3.63, 3.8) is 0 Å². The number of carbonyl (C=O) groups excluding carboxylic acids is 1. The van der Waals surface area contributed by atoms with Crippen LogP contribution in [0.5, 0.6) is 0 Å². The molecule has 0 radical (unpaired) electrons. The normalized spacial score (nSPS) is 29.2. The maximum Gasteiger partial charge on any atom is 0.318 e. The molecule has 3 heterocycles. The molecule has 0 aromatic heterocycles. The summed E-state index contributed by atoms with van der Waals surface area (Å²) < 4.78 is 13.0. The zero-order valence-electron chi connectivity index (χ0n) is 14.7. The first-order valence-electron chi connectivity index (χ1n) is 9.44. The SMILES string of the molecule is O=C(NC1CCN(CCc2ccc(F)cc2)C1)N1CCN2CC[C@H]1C2. The molecule has 3 fully saturated rings. The Bertz CT molecular complexity index is 608. The average Bonchev–Trinajstić information content (AvgIpc) is 3.21. The molecular weight excluding hydrogens is 319 g/mol. The summed E-state index contributed by atoms with van der Waals surface area (Å²) in [5.74, 6) is -0.184. The number of amides is 2. The van der Waals surface area contributed by atoms with Gasteiger partial charge in [-0.3, -0.25) is 4.90 Å². The highest BCUT2D eigenvalue weighted by atomic mass is 19.1. The van der Waals surface area contributed by atoms with Crippen molar-refractivity contribution in [2.24, 2.45) is 0 Å². The van der Waals surface area contributed by atoms with E-state index < -0.39 is 0 Å². The number of rotatable bonds is 4. The van der Waals surface area contributed by atoms with Crippen LogP contribution < -0.4 is 5.32 Å². The molecule has 1 aromatic carbocycles. The lowest BCUT2D eigenvalue weighted by Crippen LogP contribution is -2.55. The Balaban J connectivity index is 1.22. The number of fused-ring (bicyclic) bond motifs is 2. The largest absolute Gasteiger partial charge is 0.334 e. The van der Waals surface area contributed by atoms with Gasteiger partial charge in [0.25, 0.3) is 0 Å². The van der Waals surface area contributed by atoms with Crippen molar-refractivity contribution in [1.82, 2.24) is 20.0 Å². The van der Waals surface area contributed by atoms with E-state index in [1.54, 1.807) is 0 Å². The van der Waals surface area contributed by atoms with Crippen LogP contribution in [-0.4, -0.2) is 78.6 Å². The number of hydrogen-bond donors (Lipinski definition) is 1. The zero-order chi connectivity index (χ0) is 17.2. The van der Waals surface area contributed by atoms with E-state index in [9.17, 15) is 9.18 Å².